The number of rotatable bonds is 3. The molecule has 116 valence electrons. The van der Waals surface area contributed by atoms with Gasteiger partial charge in [0.05, 0.1) is 24.8 Å². The summed E-state index contributed by atoms with van der Waals surface area (Å²) in [6.07, 6.45) is 0.979. The van der Waals surface area contributed by atoms with Crippen LogP contribution < -0.4 is 10.1 Å². The number of methoxy groups -OCH3 is 1. The molecule has 0 unspecified atom stereocenters. The third kappa shape index (κ3) is 2.60. The van der Waals surface area contributed by atoms with Crippen LogP contribution in [0.25, 0.3) is 0 Å². The van der Waals surface area contributed by atoms with Crippen LogP contribution in [-0.4, -0.2) is 55.2 Å². The molecule has 0 aromatic heterocycles. The van der Waals surface area contributed by atoms with Crippen LogP contribution in [0.2, 0.25) is 0 Å². The van der Waals surface area contributed by atoms with Gasteiger partial charge in [-0.15, -0.1) is 0 Å². The van der Waals surface area contributed by atoms with Crippen LogP contribution in [0.15, 0.2) is 18.2 Å². The van der Waals surface area contributed by atoms with Gasteiger partial charge in [-0.05, 0) is 24.1 Å². The second kappa shape index (κ2) is 5.85. The van der Waals surface area contributed by atoms with Crippen LogP contribution in [0.1, 0.15) is 17.5 Å². The minimum absolute atomic E-state index is 0.0249. The number of benzene rings is 1. The number of amides is 2. The van der Waals surface area contributed by atoms with Crippen molar-refractivity contribution in [2.75, 3.05) is 27.2 Å². The SMILES string of the molecule is COc1cc(CN2CC[C@H]3[C@@H](C2)NC(=O)N3C)ccc1C#N. The predicted molar refractivity (Wildman–Crippen MR) is 81.5 cm³/mol. The summed E-state index contributed by atoms with van der Waals surface area (Å²) in [6, 6.07) is 8.34. The van der Waals surface area contributed by atoms with Crippen LogP contribution in [0.4, 0.5) is 4.79 Å². The average Bonchev–Trinajstić information content (AvgIpc) is 2.81. The molecule has 0 radical (unpaired) electrons. The standard InChI is InChI=1S/C16H20N4O2/c1-19-14-5-6-20(10-13(14)18-16(19)21)9-11-3-4-12(8-17)15(7-11)22-2/h3-4,7,13-14H,5-6,9-10H2,1-2H3,(H,18,21)/t13-,14+/m1/s1. The van der Waals surface area contributed by atoms with E-state index in [1.807, 2.05) is 24.1 Å². The Balaban J connectivity index is 1.68. The highest BCUT2D eigenvalue weighted by Gasteiger charge is 2.40. The van der Waals surface area contributed by atoms with Crippen LogP contribution in [0, 0.1) is 11.3 Å². The van der Waals surface area contributed by atoms with Gasteiger partial charge in [-0.2, -0.15) is 5.26 Å². The van der Waals surface area contributed by atoms with E-state index in [0.29, 0.717) is 17.4 Å². The summed E-state index contributed by atoms with van der Waals surface area (Å²) in [4.78, 5) is 15.9. The van der Waals surface area contributed by atoms with Crippen molar-refractivity contribution in [1.29, 1.82) is 5.26 Å². The summed E-state index contributed by atoms with van der Waals surface area (Å²) in [5.41, 5.74) is 1.67. The fourth-order valence-corrected chi connectivity index (χ4v) is 3.35. The molecule has 0 bridgehead atoms. The molecule has 22 heavy (non-hydrogen) atoms. The molecule has 0 aliphatic carbocycles. The molecular formula is C16H20N4O2. The molecule has 2 fully saturated rings. The van der Waals surface area contributed by atoms with Gasteiger partial charge in [0, 0.05) is 26.7 Å². The lowest BCUT2D eigenvalue weighted by molar-refractivity contribution is 0.147. The molecule has 0 saturated carbocycles. The van der Waals surface area contributed by atoms with Gasteiger partial charge >= 0.3 is 6.03 Å². The number of nitrogens with one attached hydrogen (secondary N) is 1. The van der Waals surface area contributed by atoms with Gasteiger partial charge in [0.15, 0.2) is 0 Å². The Morgan fingerprint density at radius 1 is 1.50 bits per heavy atom. The molecule has 0 spiro atoms. The Hall–Kier alpha value is -2.26. The number of likely N-dealkylation sites (tertiary alicyclic amines) is 1. The fraction of sp³-hybridized carbons (Fsp3) is 0.500. The maximum atomic E-state index is 11.7. The van der Waals surface area contributed by atoms with E-state index in [-0.39, 0.29) is 12.1 Å². The summed E-state index contributed by atoms with van der Waals surface area (Å²) in [5, 5.41) is 12.1. The molecular weight excluding hydrogens is 280 g/mol. The quantitative estimate of drug-likeness (QED) is 0.909. The van der Waals surface area contributed by atoms with Crippen molar-refractivity contribution in [3.8, 4) is 11.8 Å². The fourth-order valence-electron chi connectivity index (χ4n) is 3.35. The van der Waals surface area contributed by atoms with E-state index in [2.05, 4.69) is 16.3 Å². The van der Waals surface area contributed by atoms with Gasteiger partial charge in [0.2, 0.25) is 0 Å². The Morgan fingerprint density at radius 3 is 3.05 bits per heavy atom. The normalized spacial score (nSPS) is 24.6. The lowest BCUT2D eigenvalue weighted by Crippen LogP contribution is -2.50. The van der Waals surface area contributed by atoms with Crippen molar-refractivity contribution in [3.63, 3.8) is 0 Å². The number of nitrogens with zero attached hydrogens (tertiary/aromatic N) is 3. The first kappa shape index (κ1) is 14.7. The molecule has 2 saturated heterocycles. The van der Waals surface area contributed by atoms with E-state index in [1.54, 1.807) is 13.2 Å². The highest BCUT2D eigenvalue weighted by atomic mass is 16.5. The van der Waals surface area contributed by atoms with E-state index in [4.69, 9.17) is 10.00 Å². The van der Waals surface area contributed by atoms with Crippen molar-refractivity contribution in [1.82, 2.24) is 15.1 Å². The lowest BCUT2D eigenvalue weighted by atomic mass is 9.99. The summed E-state index contributed by atoms with van der Waals surface area (Å²) < 4.78 is 5.26. The van der Waals surface area contributed by atoms with Crippen LogP contribution in [0.3, 0.4) is 0 Å². The second-order valence-electron chi connectivity index (χ2n) is 5.90. The summed E-state index contributed by atoms with van der Waals surface area (Å²) in [6.45, 7) is 2.61. The molecule has 6 nitrogen and oxygen atoms in total. The number of hydrogen-bond acceptors (Lipinski definition) is 4. The number of carbonyl (C=O) groups is 1. The molecule has 2 aliphatic heterocycles. The lowest BCUT2D eigenvalue weighted by Gasteiger charge is -2.35. The number of fused-ring (bicyclic) bond motifs is 1. The van der Waals surface area contributed by atoms with Gasteiger partial charge < -0.3 is 15.0 Å². The van der Waals surface area contributed by atoms with Crippen molar-refractivity contribution in [2.45, 2.75) is 25.0 Å². The largest absolute Gasteiger partial charge is 0.495 e. The van der Waals surface area contributed by atoms with Crippen molar-refractivity contribution >= 4 is 6.03 Å². The Kier molecular flexibility index (Phi) is 3.90. The first-order chi connectivity index (χ1) is 10.6. The van der Waals surface area contributed by atoms with Crippen molar-refractivity contribution in [3.05, 3.63) is 29.3 Å². The minimum atomic E-state index is 0.0249. The third-order valence-electron chi connectivity index (χ3n) is 4.58. The zero-order valence-electron chi connectivity index (χ0n) is 12.9. The molecule has 2 aliphatic rings. The van der Waals surface area contributed by atoms with Crippen LogP contribution >= 0.6 is 0 Å². The second-order valence-corrected chi connectivity index (χ2v) is 5.90. The Labute approximate surface area is 130 Å². The molecule has 2 heterocycles. The number of hydrogen-bond donors (Lipinski definition) is 1. The van der Waals surface area contributed by atoms with E-state index in [9.17, 15) is 4.79 Å². The van der Waals surface area contributed by atoms with Gasteiger partial charge in [-0.1, -0.05) is 6.07 Å². The molecule has 2 atom stereocenters. The molecule has 2 amide bonds. The summed E-state index contributed by atoms with van der Waals surface area (Å²) in [5.74, 6) is 0.615. The maximum absolute atomic E-state index is 11.7. The predicted octanol–water partition coefficient (Wildman–Crippen LogP) is 1.16. The number of nitriles is 1. The maximum Gasteiger partial charge on any atom is 0.317 e. The van der Waals surface area contributed by atoms with E-state index in [1.165, 1.54) is 0 Å². The monoisotopic (exact) mass is 300 g/mol. The van der Waals surface area contributed by atoms with E-state index < -0.39 is 0 Å². The third-order valence-corrected chi connectivity index (χ3v) is 4.58. The highest BCUT2D eigenvalue weighted by Crippen LogP contribution is 2.24. The zero-order valence-corrected chi connectivity index (χ0v) is 12.9. The van der Waals surface area contributed by atoms with Crippen LogP contribution in [0.5, 0.6) is 5.75 Å². The Bertz CT molecular complexity index is 625. The Morgan fingerprint density at radius 2 is 2.32 bits per heavy atom. The molecule has 1 aromatic carbocycles. The van der Waals surface area contributed by atoms with Gasteiger partial charge in [-0.25, -0.2) is 4.79 Å². The topological polar surface area (TPSA) is 68.6 Å². The first-order valence-electron chi connectivity index (χ1n) is 7.45. The minimum Gasteiger partial charge on any atom is -0.495 e. The van der Waals surface area contributed by atoms with Gasteiger partial charge in [0.25, 0.3) is 0 Å². The molecule has 3 rings (SSSR count). The number of likely N-dealkylation sites (N-methyl/N-ethyl adjacent to an activating group) is 1. The van der Waals surface area contributed by atoms with Crippen molar-refractivity contribution in [2.24, 2.45) is 0 Å². The smallest absolute Gasteiger partial charge is 0.317 e. The molecule has 1 N–H and O–H groups in total. The highest BCUT2D eigenvalue weighted by molar-refractivity contribution is 5.77. The van der Waals surface area contributed by atoms with E-state index >= 15 is 0 Å². The van der Waals surface area contributed by atoms with Gasteiger partial charge in [-0.3, -0.25) is 4.90 Å². The van der Waals surface area contributed by atoms with E-state index in [0.717, 1.165) is 31.6 Å². The first-order valence-corrected chi connectivity index (χ1v) is 7.45. The number of piperidine rings is 1. The number of ether oxygens (including phenoxy) is 1. The summed E-state index contributed by atoms with van der Waals surface area (Å²) >= 11 is 0. The van der Waals surface area contributed by atoms with Gasteiger partial charge in [0.1, 0.15) is 11.8 Å². The molecule has 6 heteroatoms. The summed E-state index contributed by atoms with van der Waals surface area (Å²) in [7, 11) is 3.44. The number of urea groups is 1. The average molecular weight is 300 g/mol. The van der Waals surface area contributed by atoms with Crippen LogP contribution in [-0.2, 0) is 6.54 Å². The van der Waals surface area contributed by atoms with Crippen molar-refractivity contribution < 1.29 is 9.53 Å². The molecule has 1 aromatic rings. The number of carbonyl (C=O) groups excluding carboxylic acids is 1. The zero-order chi connectivity index (χ0) is 15.7.